The summed E-state index contributed by atoms with van der Waals surface area (Å²) in [6.45, 7) is 7.85. The number of likely N-dealkylation sites (N-methyl/N-ethyl adjacent to an activating group) is 1. The van der Waals surface area contributed by atoms with Gasteiger partial charge in [0, 0.05) is 37.2 Å². The third kappa shape index (κ3) is 3.21. The van der Waals surface area contributed by atoms with E-state index in [2.05, 4.69) is 31.1 Å². The van der Waals surface area contributed by atoms with Crippen molar-refractivity contribution in [3.8, 4) is 0 Å². The number of hydrogen-bond donors (Lipinski definition) is 1. The Morgan fingerprint density at radius 1 is 1.24 bits per heavy atom. The third-order valence-electron chi connectivity index (χ3n) is 4.69. The van der Waals surface area contributed by atoms with Gasteiger partial charge in [-0.3, -0.25) is 4.90 Å². The first kappa shape index (κ1) is 13.3. The molecule has 0 radical (unpaired) electrons. The van der Waals surface area contributed by atoms with Gasteiger partial charge in [-0.05, 0) is 40.2 Å². The van der Waals surface area contributed by atoms with Crippen LogP contribution in [0.15, 0.2) is 0 Å². The minimum Gasteiger partial charge on any atom is -0.381 e. The maximum atomic E-state index is 5.52. The van der Waals surface area contributed by atoms with E-state index in [9.17, 15) is 0 Å². The van der Waals surface area contributed by atoms with Crippen LogP contribution in [0.2, 0.25) is 0 Å². The predicted molar refractivity (Wildman–Crippen MR) is 71.3 cm³/mol. The van der Waals surface area contributed by atoms with E-state index in [0.29, 0.717) is 12.0 Å². The number of ether oxygens (including phenoxy) is 1. The molecule has 2 fully saturated rings. The summed E-state index contributed by atoms with van der Waals surface area (Å²) in [5.41, 5.74) is 0. The molecule has 2 rings (SSSR count). The molecule has 0 aromatic rings. The Labute approximate surface area is 106 Å². The Morgan fingerprint density at radius 3 is 2.47 bits per heavy atom. The highest BCUT2D eigenvalue weighted by molar-refractivity contribution is 4.87. The normalized spacial score (nSPS) is 37.2. The van der Waals surface area contributed by atoms with Crippen LogP contribution in [0.25, 0.3) is 0 Å². The largest absolute Gasteiger partial charge is 0.381 e. The van der Waals surface area contributed by atoms with E-state index in [4.69, 9.17) is 4.74 Å². The van der Waals surface area contributed by atoms with Crippen molar-refractivity contribution in [2.75, 3.05) is 26.8 Å². The van der Waals surface area contributed by atoms with E-state index in [1.54, 1.807) is 0 Å². The Hall–Kier alpha value is -0.120. The van der Waals surface area contributed by atoms with E-state index in [1.165, 1.54) is 32.2 Å². The molecule has 17 heavy (non-hydrogen) atoms. The Kier molecular flexibility index (Phi) is 4.83. The zero-order valence-corrected chi connectivity index (χ0v) is 11.6. The van der Waals surface area contributed by atoms with Gasteiger partial charge in [0.25, 0.3) is 0 Å². The molecule has 0 aliphatic carbocycles. The molecule has 1 N–H and O–H groups in total. The number of nitrogens with one attached hydrogen (secondary N) is 1. The zero-order valence-electron chi connectivity index (χ0n) is 11.6. The molecule has 2 saturated heterocycles. The quantitative estimate of drug-likeness (QED) is 0.812. The van der Waals surface area contributed by atoms with Crippen LogP contribution in [0.4, 0.5) is 0 Å². The molecule has 0 amide bonds. The van der Waals surface area contributed by atoms with Crippen molar-refractivity contribution in [1.29, 1.82) is 0 Å². The summed E-state index contributed by atoms with van der Waals surface area (Å²) in [5, 5.41) is 3.51. The van der Waals surface area contributed by atoms with Crippen LogP contribution in [0, 0.1) is 5.92 Å². The summed E-state index contributed by atoms with van der Waals surface area (Å²) < 4.78 is 5.52. The summed E-state index contributed by atoms with van der Waals surface area (Å²) in [6.07, 6.45) is 5.35. The predicted octanol–water partition coefficient (Wildman–Crippen LogP) is 1.87. The van der Waals surface area contributed by atoms with Crippen molar-refractivity contribution in [3.63, 3.8) is 0 Å². The highest BCUT2D eigenvalue weighted by Crippen LogP contribution is 2.25. The Balaban J connectivity index is 1.91. The summed E-state index contributed by atoms with van der Waals surface area (Å²) in [7, 11) is 2.10. The van der Waals surface area contributed by atoms with Gasteiger partial charge in [0.2, 0.25) is 0 Å². The molecular weight excluding hydrogens is 212 g/mol. The summed E-state index contributed by atoms with van der Waals surface area (Å²) in [5.74, 6) is 0.710. The Morgan fingerprint density at radius 2 is 1.94 bits per heavy atom. The van der Waals surface area contributed by atoms with E-state index in [-0.39, 0.29) is 0 Å². The monoisotopic (exact) mass is 240 g/mol. The number of nitrogens with zero attached hydrogens (tertiary/aromatic N) is 1. The van der Waals surface area contributed by atoms with E-state index in [0.717, 1.165) is 25.3 Å². The smallest absolute Gasteiger partial charge is 0.0510 e. The highest BCUT2D eigenvalue weighted by Gasteiger charge is 2.31. The first-order valence-corrected chi connectivity index (χ1v) is 7.23. The van der Waals surface area contributed by atoms with Gasteiger partial charge in [-0.1, -0.05) is 6.42 Å². The third-order valence-corrected chi connectivity index (χ3v) is 4.69. The molecule has 0 aromatic heterocycles. The van der Waals surface area contributed by atoms with Crippen molar-refractivity contribution >= 4 is 0 Å². The molecule has 0 saturated carbocycles. The zero-order chi connectivity index (χ0) is 12.3. The van der Waals surface area contributed by atoms with Crippen LogP contribution < -0.4 is 5.32 Å². The van der Waals surface area contributed by atoms with Gasteiger partial charge < -0.3 is 10.1 Å². The first-order valence-electron chi connectivity index (χ1n) is 7.23. The number of hydrogen-bond acceptors (Lipinski definition) is 3. The lowest BCUT2D eigenvalue weighted by Crippen LogP contribution is -2.52. The molecule has 0 aromatic carbocycles. The fourth-order valence-corrected chi connectivity index (χ4v) is 3.41. The first-order chi connectivity index (χ1) is 8.22. The molecule has 4 atom stereocenters. The van der Waals surface area contributed by atoms with Gasteiger partial charge in [-0.25, -0.2) is 0 Å². The number of likely N-dealkylation sites (tertiary alicyclic amines) is 1. The Bertz CT molecular complexity index is 218. The molecule has 0 bridgehead atoms. The maximum absolute atomic E-state index is 5.52. The van der Waals surface area contributed by atoms with Gasteiger partial charge in [0.1, 0.15) is 0 Å². The average Bonchev–Trinajstić information content (AvgIpc) is 2.82. The van der Waals surface area contributed by atoms with Crippen molar-refractivity contribution in [2.24, 2.45) is 5.92 Å². The highest BCUT2D eigenvalue weighted by atomic mass is 16.5. The molecule has 2 aliphatic rings. The fraction of sp³-hybridized carbons (Fsp3) is 1.00. The van der Waals surface area contributed by atoms with Crippen molar-refractivity contribution in [2.45, 2.75) is 57.7 Å². The lowest BCUT2D eigenvalue weighted by molar-refractivity contribution is 0.0790. The molecule has 4 unspecified atom stereocenters. The van der Waals surface area contributed by atoms with Crippen molar-refractivity contribution in [3.05, 3.63) is 0 Å². The second-order valence-electron chi connectivity index (χ2n) is 5.84. The summed E-state index contributed by atoms with van der Waals surface area (Å²) >= 11 is 0. The van der Waals surface area contributed by atoms with Crippen LogP contribution in [0.5, 0.6) is 0 Å². The molecule has 2 heterocycles. The molecule has 3 nitrogen and oxygen atoms in total. The number of rotatable bonds is 4. The minimum atomic E-state index is 0.598. The maximum Gasteiger partial charge on any atom is 0.0510 e. The molecular formula is C14H28N2O. The van der Waals surface area contributed by atoms with Crippen LogP contribution in [-0.4, -0.2) is 49.8 Å². The van der Waals surface area contributed by atoms with E-state index < -0.39 is 0 Å². The topological polar surface area (TPSA) is 24.5 Å². The standard InChI is InChI=1S/C14H28N2O/c1-11-5-4-6-12(2)16(11)9-14(15-3)13-7-8-17-10-13/h11-15H,4-10H2,1-3H3. The average molecular weight is 240 g/mol. The van der Waals surface area contributed by atoms with Gasteiger partial charge in [-0.2, -0.15) is 0 Å². The second-order valence-corrected chi connectivity index (χ2v) is 5.84. The molecule has 2 aliphatic heterocycles. The van der Waals surface area contributed by atoms with Gasteiger partial charge in [-0.15, -0.1) is 0 Å². The fourth-order valence-electron chi connectivity index (χ4n) is 3.41. The second kappa shape index (κ2) is 6.17. The summed E-state index contributed by atoms with van der Waals surface area (Å²) in [4.78, 5) is 2.70. The van der Waals surface area contributed by atoms with Crippen LogP contribution in [-0.2, 0) is 4.74 Å². The van der Waals surface area contributed by atoms with Crippen LogP contribution >= 0.6 is 0 Å². The minimum absolute atomic E-state index is 0.598. The van der Waals surface area contributed by atoms with Crippen LogP contribution in [0.3, 0.4) is 0 Å². The van der Waals surface area contributed by atoms with Crippen molar-refractivity contribution < 1.29 is 4.74 Å². The van der Waals surface area contributed by atoms with Crippen molar-refractivity contribution in [1.82, 2.24) is 10.2 Å². The van der Waals surface area contributed by atoms with E-state index >= 15 is 0 Å². The van der Waals surface area contributed by atoms with Gasteiger partial charge >= 0.3 is 0 Å². The molecule has 0 spiro atoms. The van der Waals surface area contributed by atoms with E-state index in [1.807, 2.05) is 0 Å². The van der Waals surface area contributed by atoms with Crippen LogP contribution in [0.1, 0.15) is 39.5 Å². The van der Waals surface area contributed by atoms with Gasteiger partial charge in [0.05, 0.1) is 6.61 Å². The lowest BCUT2D eigenvalue weighted by Gasteiger charge is -2.41. The molecule has 100 valence electrons. The lowest BCUT2D eigenvalue weighted by atomic mass is 9.93. The number of piperidine rings is 1. The SMILES string of the molecule is CNC(CN1C(C)CCCC1C)C1CCOC1. The summed E-state index contributed by atoms with van der Waals surface area (Å²) in [6, 6.07) is 2.09. The van der Waals surface area contributed by atoms with Gasteiger partial charge in [0.15, 0.2) is 0 Å². The molecule has 3 heteroatoms.